The van der Waals surface area contributed by atoms with E-state index in [1.54, 1.807) is 0 Å². The zero-order chi connectivity index (χ0) is 9.97. The Kier molecular flexibility index (Phi) is 2.84. The van der Waals surface area contributed by atoms with Crippen LogP contribution in [0.4, 0.5) is 0 Å². The molecular formula is C10H17N3O. The number of aryl methyl sites for hydroxylation is 1. The highest BCUT2D eigenvalue weighted by Crippen LogP contribution is 2.18. The number of ether oxygens (including phenoxy) is 1. The van der Waals surface area contributed by atoms with E-state index < -0.39 is 0 Å². The molecule has 1 aliphatic rings. The summed E-state index contributed by atoms with van der Waals surface area (Å²) in [6, 6.07) is 0.386. The highest BCUT2D eigenvalue weighted by Gasteiger charge is 2.24. The van der Waals surface area contributed by atoms with Crippen molar-refractivity contribution in [3.63, 3.8) is 0 Å². The second kappa shape index (κ2) is 4.11. The van der Waals surface area contributed by atoms with Crippen LogP contribution >= 0.6 is 0 Å². The molecule has 0 amide bonds. The van der Waals surface area contributed by atoms with Gasteiger partial charge in [0.05, 0.1) is 18.8 Å². The van der Waals surface area contributed by atoms with Gasteiger partial charge in [0.1, 0.15) is 0 Å². The van der Waals surface area contributed by atoms with E-state index in [1.807, 2.05) is 10.9 Å². The monoisotopic (exact) mass is 195 g/mol. The summed E-state index contributed by atoms with van der Waals surface area (Å²) < 4.78 is 7.36. The average Bonchev–Trinajstić information content (AvgIpc) is 2.67. The topological polar surface area (TPSA) is 53.1 Å². The molecule has 0 spiro atoms. The van der Waals surface area contributed by atoms with Gasteiger partial charge < -0.3 is 10.5 Å². The van der Waals surface area contributed by atoms with Gasteiger partial charge in [-0.2, -0.15) is 5.10 Å². The van der Waals surface area contributed by atoms with Crippen molar-refractivity contribution in [2.24, 2.45) is 5.73 Å². The summed E-state index contributed by atoms with van der Waals surface area (Å²) >= 11 is 0. The van der Waals surface area contributed by atoms with E-state index in [9.17, 15) is 0 Å². The minimum atomic E-state index is 0.174. The zero-order valence-electron chi connectivity index (χ0n) is 8.52. The third kappa shape index (κ3) is 1.81. The second-order valence-corrected chi connectivity index (χ2v) is 3.78. The van der Waals surface area contributed by atoms with Gasteiger partial charge >= 0.3 is 0 Å². The van der Waals surface area contributed by atoms with Crippen molar-refractivity contribution in [1.29, 1.82) is 0 Å². The standard InChI is InChI=1S/C10H17N3O/c1-2-8-5-12-13(6-8)10-7-14-4-3-9(10)11/h5-6,9-10H,2-4,7,11H2,1H3. The Balaban J connectivity index is 2.12. The number of hydrogen-bond acceptors (Lipinski definition) is 3. The second-order valence-electron chi connectivity index (χ2n) is 3.78. The smallest absolute Gasteiger partial charge is 0.0903 e. The summed E-state index contributed by atoms with van der Waals surface area (Å²) in [6.45, 7) is 3.59. The van der Waals surface area contributed by atoms with Crippen LogP contribution in [-0.4, -0.2) is 29.0 Å². The molecule has 1 saturated heterocycles. The molecule has 0 saturated carbocycles. The molecule has 0 aromatic carbocycles. The van der Waals surface area contributed by atoms with Crippen LogP contribution in [0.1, 0.15) is 24.9 Å². The molecule has 2 unspecified atom stereocenters. The molecular weight excluding hydrogens is 178 g/mol. The highest BCUT2D eigenvalue weighted by atomic mass is 16.5. The van der Waals surface area contributed by atoms with E-state index in [1.165, 1.54) is 5.56 Å². The molecule has 2 atom stereocenters. The summed E-state index contributed by atoms with van der Waals surface area (Å²) in [7, 11) is 0. The van der Waals surface area contributed by atoms with Gasteiger partial charge in [-0.15, -0.1) is 0 Å². The van der Waals surface area contributed by atoms with Gasteiger partial charge in [0, 0.05) is 18.8 Å². The molecule has 1 fully saturated rings. The van der Waals surface area contributed by atoms with Crippen molar-refractivity contribution in [2.45, 2.75) is 31.8 Å². The fraction of sp³-hybridized carbons (Fsp3) is 0.700. The zero-order valence-corrected chi connectivity index (χ0v) is 8.52. The summed E-state index contributed by atoms with van der Waals surface area (Å²) in [5, 5.41) is 4.32. The maximum absolute atomic E-state index is 6.02. The lowest BCUT2D eigenvalue weighted by Gasteiger charge is -2.28. The largest absolute Gasteiger partial charge is 0.379 e. The molecule has 2 heterocycles. The first kappa shape index (κ1) is 9.68. The number of rotatable bonds is 2. The predicted molar refractivity (Wildman–Crippen MR) is 54.1 cm³/mol. The van der Waals surface area contributed by atoms with Gasteiger partial charge in [0.15, 0.2) is 0 Å². The molecule has 4 nitrogen and oxygen atoms in total. The van der Waals surface area contributed by atoms with E-state index in [0.29, 0.717) is 6.61 Å². The molecule has 2 rings (SSSR count). The van der Waals surface area contributed by atoms with E-state index in [4.69, 9.17) is 10.5 Å². The van der Waals surface area contributed by atoms with Crippen LogP contribution in [0.15, 0.2) is 12.4 Å². The van der Waals surface area contributed by atoms with Gasteiger partial charge in [0.2, 0.25) is 0 Å². The molecule has 1 aliphatic heterocycles. The molecule has 4 heteroatoms. The lowest BCUT2D eigenvalue weighted by molar-refractivity contribution is 0.0424. The fourth-order valence-corrected chi connectivity index (χ4v) is 1.75. The van der Waals surface area contributed by atoms with E-state index >= 15 is 0 Å². The maximum Gasteiger partial charge on any atom is 0.0903 e. The van der Waals surface area contributed by atoms with Crippen molar-refractivity contribution >= 4 is 0 Å². The molecule has 1 aromatic rings. The van der Waals surface area contributed by atoms with Crippen LogP contribution in [-0.2, 0) is 11.2 Å². The SMILES string of the molecule is CCc1cnn(C2COCCC2N)c1. The normalized spacial score (nSPS) is 27.9. The third-order valence-electron chi connectivity index (χ3n) is 2.78. The summed E-state index contributed by atoms with van der Waals surface area (Å²) in [6.07, 6.45) is 5.91. The van der Waals surface area contributed by atoms with Gasteiger partial charge in [-0.05, 0) is 18.4 Å². The predicted octanol–water partition coefficient (Wildman–Crippen LogP) is 0.734. The van der Waals surface area contributed by atoms with Gasteiger partial charge in [0.25, 0.3) is 0 Å². The lowest BCUT2D eigenvalue weighted by Crippen LogP contribution is -2.40. The molecule has 14 heavy (non-hydrogen) atoms. The summed E-state index contributed by atoms with van der Waals surface area (Å²) in [5.74, 6) is 0. The first-order chi connectivity index (χ1) is 6.81. The molecule has 1 aromatic heterocycles. The maximum atomic E-state index is 6.02. The first-order valence-electron chi connectivity index (χ1n) is 5.17. The van der Waals surface area contributed by atoms with Crippen molar-refractivity contribution in [2.75, 3.05) is 13.2 Å². The Hall–Kier alpha value is -0.870. The van der Waals surface area contributed by atoms with Crippen LogP contribution in [0.25, 0.3) is 0 Å². The Labute approximate surface area is 84.0 Å². The minimum Gasteiger partial charge on any atom is -0.379 e. The summed E-state index contributed by atoms with van der Waals surface area (Å²) in [5.41, 5.74) is 7.27. The van der Waals surface area contributed by atoms with Gasteiger partial charge in [-0.3, -0.25) is 4.68 Å². The molecule has 0 radical (unpaired) electrons. The molecule has 2 N–H and O–H groups in total. The Morgan fingerprint density at radius 3 is 3.21 bits per heavy atom. The van der Waals surface area contributed by atoms with Crippen molar-refractivity contribution in [1.82, 2.24) is 9.78 Å². The van der Waals surface area contributed by atoms with Crippen LogP contribution in [0.5, 0.6) is 0 Å². The molecule has 78 valence electrons. The molecule has 0 bridgehead atoms. The van der Waals surface area contributed by atoms with Gasteiger partial charge in [-0.25, -0.2) is 0 Å². The van der Waals surface area contributed by atoms with Crippen molar-refractivity contribution < 1.29 is 4.74 Å². The highest BCUT2D eigenvalue weighted by molar-refractivity contribution is 5.04. The summed E-state index contributed by atoms with van der Waals surface area (Å²) in [4.78, 5) is 0. The third-order valence-corrected chi connectivity index (χ3v) is 2.78. The van der Waals surface area contributed by atoms with E-state index in [0.717, 1.165) is 19.4 Å². The van der Waals surface area contributed by atoms with E-state index in [-0.39, 0.29) is 12.1 Å². The number of nitrogens with zero attached hydrogens (tertiary/aromatic N) is 2. The Bertz CT molecular complexity index is 297. The first-order valence-corrected chi connectivity index (χ1v) is 5.17. The number of aromatic nitrogens is 2. The van der Waals surface area contributed by atoms with Crippen molar-refractivity contribution in [3.05, 3.63) is 18.0 Å². The van der Waals surface area contributed by atoms with Crippen molar-refractivity contribution in [3.8, 4) is 0 Å². The Morgan fingerprint density at radius 1 is 1.71 bits per heavy atom. The number of hydrogen-bond donors (Lipinski definition) is 1. The lowest BCUT2D eigenvalue weighted by atomic mass is 10.1. The van der Waals surface area contributed by atoms with Crippen LogP contribution in [0.3, 0.4) is 0 Å². The van der Waals surface area contributed by atoms with E-state index in [2.05, 4.69) is 18.2 Å². The molecule has 0 aliphatic carbocycles. The van der Waals surface area contributed by atoms with Crippen LogP contribution < -0.4 is 5.73 Å². The number of nitrogens with two attached hydrogens (primary N) is 1. The quantitative estimate of drug-likeness (QED) is 0.757. The van der Waals surface area contributed by atoms with Gasteiger partial charge in [-0.1, -0.05) is 6.92 Å². The van der Waals surface area contributed by atoms with Crippen LogP contribution in [0.2, 0.25) is 0 Å². The minimum absolute atomic E-state index is 0.174. The average molecular weight is 195 g/mol. The Morgan fingerprint density at radius 2 is 2.57 bits per heavy atom. The fourth-order valence-electron chi connectivity index (χ4n) is 1.75. The van der Waals surface area contributed by atoms with Crippen LogP contribution in [0, 0.1) is 0 Å².